The highest BCUT2D eigenvalue weighted by Crippen LogP contribution is 2.60. The minimum absolute atomic E-state index is 0.454. The molecule has 0 bridgehead atoms. The summed E-state index contributed by atoms with van der Waals surface area (Å²) in [5.74, 6) is -2.88. The molecule has 0 heterocycles. The fourth-order valence-corrected chi connectivity index (χ4v) is 3.49. The molecule has 1 fully saturated rings. The van der Waals surface area contributed by atoms with Gasteiger partial charge in [-0.25, -0.2) is 4.79 Å². The van der Waals surface area contributed by atoms with Gasteiger partial charge in [0.1, 0.15) is 17.6 Å². The Kier molecular flexibility index (Phi) is 6.40. The fraction of sp³-hybridized carbons (Fsp3) is 0.292. The Balaban J connectivity index is 1.71. The molecule has 0 N–H and O–H groups in total. The first-order valence-electron chi connectivity index (χ1n) is 9.66. The Bertz CT molecular complexity index is 1040. The van der Waals surface area contributed by atoms with Crippen molar-refractivity contribution in [2.24, 2.45) is 17.3 Å². The van der Waals surface area contributed by atoms with Crippen LogP contribution >= 0.6 is 0 Å². The lowest BCUT2D eigenvalue weighted by Gasteiger charge is -2.13. The summed E-state index contributed by atoms with van der Waals surface area (Å²) in [6.07, 6.45) is -0.0775. The minimum atomic E-state index is -1.15. The van der Waals surface area contributed by atoms with Gasteiger partial charge < -0.3 is 14.2 Å². The molecule has 2 aromatic rings. The Morgan fingerprint density at radius 3 is 2.45 bits per heavy atom. The number of esters is 2. The van der Waals surface area contributed by atoms with Crippen LogP contribution in [0.5, 0.6) is 11.5 Å². The van der Waals surface area contributed by atoms with Crippen molar-refractivity contribution in [2.45, 2.75) is 20.0 Å². The second-order valence-corrected chi connectivity index (χ2v) is 7.76. The zero-order chi connectivity index (χ0) is 22.6. The molecule has 0 aromatic heterocycles. The summed E-state index contributed by atoms with van der Waals surface area (Å²) in [4.78, 5) is 24.0. The van der Waals surface area contributed by atoms with E-state index >= 15 is 0 Å². The van der Waals surface area contributed by atoms with Crippen LogP contribution in [0.2, 0.25) is 0 Å². The van der Waals surface area contributed by atoms with Gasteiger partial charge in [0.15, 0.2) is 0 Å². The summed E-state index contributed by atoms with van der Waals surface area (Å²) in [7, 11) is 1.08. The monoisotopic (exact) mass is 423 g/mol. The quantitative estimate of drug-likeness (QED) is 0.466. The average molecular weight is 423 g/mol. The van der Waals surface area contributed by atoms with Crippen LogP contribution in [-0.4, -0.2) is 19.0 Å². The van der Waals surface area contributed by atoms with Crippen LogP contribution in [0.15, 0.2) is 66.5 Å². The van der Waals surface area contributed by atoms with Crippen LogP contribution in [0.3, 0.4) is 0 Å². The van der Waals surface area contributed by atoms with E-state index in [0.29, 0.717) is 17.1 Å². The summed E-state index contributed by atoms with van der Waals surface area (Å²) in [6.45, 7) is 3.53. The van der Waals surface area contributed by atoms with Crippen molar-refractivity contribution in [1.82, 2.24) is 0 Å². The number of methoxy groups -OCH3 is 1. The van der Waals surface area contributed by atoms with Gasteiger partial charge in [-0.05, 0) is 41.7 Å². The van der Waals surface area contributed by atoms with Crippen molar-refractivity contribution in [3.8, 4) is 17.6 Å². The Hall–Kier alpha value is -3.66. The van der Waals surface area contributed by atoms with Crippen molar-refractivity contribution in [1.29, 1.82) is 5.26 Å². The standard InChI is InChI=1S/C24H22FNO5/c1-24(2)18(13-19(25)22(27)29-3)21(24)23(28)31-20(14-26)15-8-7-11-17(12-15)30-16-9-5-4-6-10-16/h4-13,18,20-21H,1-3H3/b19-13-/t18-,20+,21-/m0/s1. The molecule has 0 saturated heterocycles. The Morgan fingerprint density at radius 2 is 1.81 bits per heavy atom. The number of allylic oxidation sites excluding steroid dienone is 1. The second-order valence-electron chi connectivity index (χ2n) is 7.76. The molecule has 3 rings (SSSR count). The number of carbonyl (C=O) groups is 2. The van der Waals surface area contributed by atoms with Gasteiger partial charge in [-0.2, -0.15) is 9.65 Å². The van der Waals surface area contributed by atoms with Crippen molar-refractivity contribution >= 4 is 11.9 Å². The highest BCUT2D eigenvalue weighted by atomic mass is 19.1. The number of carbonyl (C=O) groups excluding carboxylic acids is 2. The SMILES string of the molecule is COC(=O)/C(F)=C/[C@H]1[C@@H](C(=O)O[C@H](C#N)c2cccc(Oc3ccccc3)c2)C1(C)C. The Labute approximate surface area is 179 Å². The second kappa shape index (κ2) is 9.00. The van der Waals surface area contributed by atoms with Crippen LogP contribution in [0.4, 0.5) is 4.39 Å². The van der Waals surface area contributed by atoms with Crippen molar-refractivity contribution in [2.75, 3.05) is 7.11 Å². The average Bonchev–Trinajstić information content (AvgIpc) is 3.31. The van der Waals surface area contributed by atoms with Gasteiger partial charge in [-0.3, -0.25) is 4.79 Å². The highest BCUT2D eigenvalue weighted by molar-refractivity contribution is 5.86. The van der Waals surface area contributed by atoms with E-state index in [0.717, 1.165) is 13.2 Å². The molecule has 2 aromatic carbocycles. The molecule has 1 aliphatic carbocycles. The van der Waals surface area contributed by atoms with Crippen molar-refractivity contribution in [3.05, 3.63) is 72.1 Å². The fourth-order valence-electron chi connectivity index (χ4n) is 3.49. The van der Waals surface area contributed by atoms with Gasteiger partial charge in [0, 0.05) is 5.56 Å². The van der Waals surface area contributed by atoms with Gasteiger partial charge in [0.25, 0.3) is 0 Å². The molecule has 0 amide bonds. The topological polar surface area (TPSA) is 85.6 Å². The van der Waals surface area contributed by atoms with Gasteiger partial charge in [0.05, 0.1) is 13.0 Å². The number of rotatable bonds is 7. The number of hydrogen-bond donors (Lipinski definition) is 0. The Morgan fingerprint density at radius 1 is 1.13 bits per heavy atom. The van der Waals surface area contributed by atoms with Crippen LogP contribution in [-0.2, 0) is 19.1 Å². The molecular formula is C24H22FNO5. The largest absolute Gasteiger partial charge is 0.464 e. The number of benzene rings is 2. The van der Waals surface area contributed by atoms with E-state index in [2.05, 4.69) is 4.74 Å². The molecule has 31 heavy (non-hydrogen) atoms. The zero-order valence-electron chi connectivity index (χ0n) is 17.4. The van der Waals surface area contributed by atoms with Crippen LogP contribution in [0.1, 0.15) is 25.5 Å². The summed E-state index contributed by atoms with van der Waals surface area (Å²) in [5, 5.41) is 9.56. The molecule has 0 radical (unpaired) electrons. The van der Waals surface area contributed by atoms with E-state index in [1.165, 1.54) is 0 Å². The number of nitriles is 1. The summed E-state index contributed by atoms with van der Waals surface area (Å²) < 4.78 is 29.4. The maximum absolute atomic E-state index is 13.9. The molecule has 1 saturated carbocycles. The van der Waals surface area contributed by atoms with Crippen molar-refractivity contribution in [3.63, 3.8) is 0 Å². The lowest BCUT2D eigenvalue weighted by atomic mass is 10.1. The first-order valence-corrected chi connectivity index (χ1v) is 9.66. The maximum atomic E-state index is 13.9. The number of para-hydroxylation sites is 1. The predicted octanol–water partition coefficient (Wildman–Crippen LogP) is 4.89. The van der Waals surface area contributed by atoms with E-state index in [9.17, 15) is 19.2 Å². The summed E-state index contributed by atoms with van der Waals surface area (Å²) >= 11 is 0. The first kappa shape index (κ1) is 22.0. The number of ether oxygens (including phenoxy) is 3. The molecule has 0 aliphatic heterocycles. The molecule has 160 valence electrons. The third-order valence-corrected chi connectivity index (χ3v) is 5.36. The molecule has 0 spiro atoms. The van der Waals surface area contributed by atoms with E-state index in [1.54, 1.807) is 50.2 Å². The molecule has 3 atom stereocenters. The van der Waals surface area contributed by atoms with E-state index in [-0.39, 0.29) is 0 Å². The van der Waals surface area contributed by atoms with E-state index < -0.39 is 41.1 Å². The van der Waals surface area contributed by atoms with Gasteiger partial charge in [0.2, 0.25) is 11.9 Å². The van der Waals surface area contributed by atoms with Gasteiger partial charge in [-0.1, -0.05) is 44.2 Å². The number of hydrogen-bond acceptors (Lipinski definition) is 6. The summed E-state index contributed by atoms with van der Waals surface area (Å²) in [5.41, 5.74) is -0.156. The molecule has 0 unspecified atom stereocenters. The van der Waals surface area contributed by atoms with E-state index in [1.807, 2.05) is 24.3 Å². The lowest BCUT2D eigenvalue weighted by Crippen LogP contribution is -2.14. The molecule has 6 nitrogen and oxygen atoms in total. The van der Waals surface area contributed by atoms with Gasteiger partial charge >= 0.3 is 11.9 Å². The highest BCUT2D eigenvalue weighted by Gasteiger charge is 2.62. The third-order valence-electron chi connectivity index (χ3n) is 5.36. The minimum Gasteiger partial charge on any atom is -0.464 e. The van der Waals surface area contributed by atoms with Crippen molar-refractivity contribution < 1.29 is 28.2 Å². The molecule has 1 aliphatic rings. The summed E-state index contributed by atoms with van der Waals surface area (Å²) in [6, 6.07) is 17.8. The van der Waals surface area contributed by atoms with E-state index in [4.69, 9.17) is 9.47 Å². The maximum Gasteiger partial charge on any atom is 0.366 e. The number of halogens is 1. The normalized spacial score (nSPS) is 20.2. The predicted molar refractivity (Wildman–Crippen MR) is 109 cm³/mol. The smallest absolute Gasteiger partial charge is 0.366 e. The lowest BCUT2D eigenvalue weighted by molar-refractivity contribution is -0.149. The first-order chi connectivity index (χ1) is 14.8. The number of nitrogens with zero attached hydrogens (tertiary/aromatic N) is 1. The van der Waals surface area contributed by atoms with Crippen LogP contribution < -0.4 is 4.74 Å². The molecular weight excluding hydrogens is 401 g/mol. The third kappa shape index (κ3) is 4.92. The molecule has 7 heteroatoms. The zero-order valence-corrected chi connectivity index (χ0v) is 17.4. The van der Waals surface area contributed by atoms with Crippen LogP contribution in [0, 0.1) is 28.6 Å². The van der Waals surface area contributed by atoms with Crippen LogP contribution in [0.25, 0.3) is 0 Å². The van der Waals surface area contributed by atoms with Gasteiger partial charge in [-0.15, -0.1) is 0 Å².